The molecular weight excluding hydrogens is 460 g/mol. The van der Waals surface area contributed by atoms with Gasteiger partial charge in [0, 0.05) is 24.7 Å². The molecule has 2 N–H and O–H groups in total. The average Bonchev–Trinajstić information content (AvgIpc) is 3.41. The van der Waals surface area contributed by atoms with Crippen LogP contribution in [-0.2, 0) is 0 Å². The maximum absolute atomic E-state index is 14.3. The van der Waals surface area contributed by atoms with Gasteiger partial charge in [-0.05, 0) is 37.6 Å². The van der Waals surface area contributed by atoms with E-state index in [0.717, 1.165) is 18.2 Å². The standard InChI is InChI=1S/C21H18F4N6O3/c1-20(2,33)17(12-4-5-15(14(22)10-12)34-21(23,24)25)29-19(32)13-11-27-31-9-6-16(28-18(13)31)30-8-3-7-26-30/h3-11,17,33H,1-2H3,(H,29,32). The topological polar surface area (TPSA) is 107 Å². The highest BCUT2D eigenvalue weighted by molar-refractivity contribution is 6.00. The SMILES string of the molecule is CC(C)(O)C(NC(=O)c1cnn2ccc(-n3cccn3)nc12)c1ccc(OC(F)(F)F)c(F)c1. The van der Waals surface area contributed by atoms with Crippen LogP contribution in [-0.4, -0.2) is 47.4 Å². The van der Waals surface area contributed by atoms with Gasteiger partial charge in [0.05, 0.1) is 17.8 Å². The van der Waals surface area contributed by atoms with Crippen LogP contribution in [0, 0.1) is 5.82 Å². The molecule has 0 fully saturated rings. The number of nitrogens with one attached hydrogen (secondary N) is 1. The fourth-order valence-corrected chi connectivity index (χ4v) is 3.33. The van der Waals surface area contributed by atoms with Crippen LogP contribution in [0.2, 0.25) is 0 Å². The summed E-state index contributed by atoms with van der Waals surface area (Å²) >= 11 is 0. The highest BCUT2D eigenvalue weighted by Crippen LogP contribution is 2.31. The summed E-state index contributed by atoms with van der Waals surface area (Å²) in [5.41, 5.74) is -1.35. The summed E-state index contributed by atoms with van der Waals surface area (Å²) in [6.45, 7) is 2.72. The van der Waals surface area contributed by atoms with Gasteiger partial charge < -0.3 is 15.2 Å². The van der Waals surface area contributed by atoms with Crippen molar-refractivity contribution in [2.24, 2.45) is 0 Å². The van der Waals surface area contributed by atoms with E-state index in [-0.39, 0.29) is 16.8 Å². The highest BCUT2D eigenvalue weighted by atomic mass is 19.4. The van der Waals surface area contributed by atoms with Gasteiger partial charge in [-0.2, -0.15) is 10.2 Å². The number of aliphatic hydroxyl groups is 1. The maximum Gasteiger partial charge on any atom is 0.573 e. The normalized spacial score (nSPS) is 13.1. The zero-order valence-corrected chi connectivity index (χ0v) is 17.8. The number of carbonyl (C=O) groups excluding carboxylic acids is 1. The second-order valence-corrected chi connectivity index (χ2v) is 7.86. The summed E-state index contributed by atoms with van der Waals surface area (Å²) in [5, 5.41) is 21.4. The number of ether oxygens (including phenoxy) is 1. The molecule has 4 rings (SSSR count). The number of alkyl halides is 3. The molecule has 0 saturated heterocycles. The van der Waals surface area contributed by atoms with E-state index in [1.165, 1.54) is 29.2 Å². The van der Waals surface area contributed by atoms with Gasteiger partial charge in [0.15, 0.2) is 23.0 Å². The van der Waals surface area contributed by atoms with Crippen LogP contribution in [0.4, 0.5) is 17.6 Å². The third-order valence-electron chi connectivity index (χ3n) is 4.83. The number of halogens is 4. The smallest absolute Gasteiger partial charge is 0.403 e. The molecule has 13 heteroatoms. The van der Waals surface area contributed by atoms with Gasteiger partial charge in [-0.3, -0.25) is 4.79 Å². The monoisotopic (exact) mass is 478 g/mol. The molecule has 0 saturated carbocycles. The lowest BCUT2D eigenvalue weighted by Gasteiger charge is -2.30. The predicted octanol–water partition coefficient (Wildman–Crippen LogP) is 3.19. The lowest BCUT2D eigenvalue weighted by molar-refractivity contribution is -0.275. The van der Waals surface area contributed by atoms with Crippen LogP contribution >= 0.6 is 0 Å². The first-order valence-corrected chi connectivity index (χ1v) is 9.85. The van der Waals surface area contributed by atoms with Crippen molar-refractivity contribution in [3.05, 3.63) is 72.1 Å². The number of nitrogens with zero attached hydrogens (tertiary/aromatic N) is 5. The highest BCUT2D eigenvalue weighted by Gasteiger charge is 2.34. The second kappa shape index (κ2) is 8.41. The second-order valence-electron chi connectivity index (χ2n) is 7.86. The first-order valence-electron chi connectivity index (χ1n) is 9.85. The third-order valence-corrected chi connectivity index (χ3v) is 4.83. The number of carbonyl (C=O) groups is 1. The Balaban J connectivity index is 1.65. The van der Waals surface area contributed by atoms with E-state index in [2.05, 4.69) is 25.2 Å². The maximum atomic E-state index is 14.3. The van der Waals surface area contributed by atoms with E-state index >= 15 is 0 Å². The molecule has 3 heterocycles. The van der Waals surface area contributed by atoms with Gasteiger partial charge >= 0.3 is 6.36 Å². The Hall–Kier alpha value is -4.00. The Morgan fingerprint density at radius 3 is 2.56 bits per heavy atom. The molecule has 4 aromatic rings. The van der Waals surface area contributed by atoms with Gasteiger partial charge in [-0.25, -0.2) is 18.6 Å². The van der Waals surface area contributed by atoms with E-state index in [9.17, 15) is 27.5 Å². The molecule has 3 aromatic heterocycles. The summed E-state index contributed by atoms with van der Waals surface area (Å²) in [6.07, 6.45) is 1.01. The number of benzene rings is 1. The molecule has 0 aliphatic heterocycles. The summed E-state index contributed by atoms with van der Waals surface area (Å²) in [5.74, 6) is -2.61. The molecule has 178 valence electrons. The van der Waals surface area contributed by atoms with E-state index in [4.69, 9.17) is 0 Å². The Morgan fingerprint density at radius 1 is 1.18 bits per heavy atom. The van der Waals surface area contributed by atoms with Gasteiger partial charge in [0.25, 0.3) is 5.91 Å². The Morgan fingerprint density at radius 2 is 1.94 bits per heavy atom. The minimum atomic E-state index is -5.07. The summed E-state index contributed by atoms with van der Waals surface area (Å²) < 4.78 is 58.1. The Bertz CT molecular complexity index is 1330. The van der Waals surface area contributed by atoms with Gasteiger partial charge in [0.1, 0.15) is 5.56 Å². The first-order chi connectivity index (χ1) is 15.9. The minimum Gasteiger partial charge on any atom is -0.403 e. The Kier molecular flexibility index (Phi) is 5.73. The summed E-state index contributed by atoms with van der Waals surface area (Å²) in [7, 11) is 0. The quantitative estimate of drug-likeness (QED) is 0.413. The predicted molar refractivity (Wildman–Crippen MR) is 110 cm³/mol. The largest absolute Gasteiger partial charge is 0.573 e. The number of amides is 1. The minimum absolute atomic E-state index is 0.0227. The number of hydrogen-bond acceptors (Lipinski definition) is 6. The van der Waals surface area contributed by atoms with Crippen molar-refractivity contribution in [2.75, 3.05) is 0 Å². The number of hydrogen-bond donors (Lipinski definition) is 2. The fraction of sp³-hybridized carbons (Fsp3) is 0.238. The molecule has 0 aliphatic rings. The fourth-order valence-electron chi connectivity index (χ4n) is 3.33. The van der Waals surface area contributed by atoms with Crippen LogP contribution in [0.15, 0.2) is 55.1 Å². The average molecular weight is 478 g/mol. The van der Waals surface area contributed by atoms with Crippen molar-refractivity contribution in [1.82, 2.24) is 29.7 Å². The molecule has 1 amide bonds. The zero-order chi connectivity index (χ0) is 24.7. The molecule has 0 bridgehead atoms. The number of aromatic nitrogens is 5. The first kappa shape index (κ1) is 23.2. The van der Waals surface area contributed by atoms with Crippen molar-refractivity contribution in [3.63, 3.8) is 0 Å². The third kappa shape index (κ3) is 4.83. The molecule has 1 aromatic carbocycles. The molecule has 1 atom stereocenters. The Labute approximate surface area is 189 Å². The van der Waals surface area contributed by atoms with Crippen LogP contribution in [0.25, 0.3) is 11.5 Å². The van der Waals surface area contributed by atoms with Crippen LogP contribution in [0.3, 0.4) is 0 Å². The van der Waals surface area contributed by atoms with E-state index in [1.807, 2.05) is 0 Å². The molecule has 9 nitrogen and oxygen atoms in total. The van der Waals surface area contributed by atoms with E-state index in [0.29, 0.717) is 5.82 Å². The van der Waals surface area contributed by atoms with Crippen LogP contribution < -0.4 is 10.1 Å². The molecule has 1 unspecified atom stereocenters. The van der Waals surface area contributed by atoms with Gasteiger partial charge in [0.2, 0.25) is 0 Å². The van der Waals surface area contributed by atoms with Crippen LogP contribution in [0.5, 0.6) is 5.75 Å². The molecule has 34 heavy (non-hydrogen) atoms. The van der Waals surface area contributed by atoms with Crippen molar-refractivity contribution in [2.45, 2.75) is 31.9 Å². The summed E-state index contributed by atoms with van der Waals surface area (Å²) in [6, 6.07) is 4.80. The van der Waals surface area contributed by atoms with Crippen molar-refractivity contribution >= 4 is 11.6 Å². The number of fused-ring (bicyclic) bond motifs is 1. The van der Waals surface area contributed by atoms with E-state index < -0.39 is 35.5 Å². The zero-order valence-electron chi connectivity index (χ0n) is 17.8. The van der Waals surface area contributed by atoms with Crippen molar-refractivity contribution in [3.8, 4) is 11.6 Å². The van der Waals surface area contributed by atoms with Crippen LogP contribution in [0.1, 0.15) is 35.8 Å². The van der Waals surface area contributed by atoms with Gasteiger partial charge in [-0.1, -0.05) is 6.07 Å². The van der Waals surface area contributed by atoms with Crippen molar-refractivity contribution in [1.29, 1.82) is 0 Å². The molecular formula is C21H18F4N6O3. The lowest BCUT2D eigenvalue weighted by atomic mass is 9.91. The van der Waals surface area contributed by atoms with Gasteiger partial charge in [-0.15, -0.1) is 13.2 Å². The number of rotatable bonds is 6. The lowest BCUT2D eigenvalue weighted by Crippen LogP contribution is -2.42. The molecule has 0 radical (unpaired) electrons. The van der Waals surface area contributed by atoms with Crippen molar-refractivity contribution < 1.29 is 32.2 Å². The molecule has 0 spiro atoms. The van der Waals surface area contributed by atoms with E-state index in [1.54, 1.807) is 30.7 Å². The molecule has 0 aliphatic carbocycles. The summed E-state index contributed by atoms with van der Waals surface area (Å²) in [4.78, 5) is 17.5.